The van der Waals surface area contributed by atoms with Crippen molar-refractivity contribution in [2.45, 2.75) is 44.2 Å². The lowest BCUT2D eigenvalue weighted by atomic mass is 9.85. The highest BCUT2D eigenvalue weighted by molar-refractivity contribution is 9.10. The Kier molecular flexibility index (Phi) is 4.54. The fourth-order valence-corrected chi connectivity index (χ4v) is 2.56. The van der Waals surface area contributed by atoms with Crippen LogP contribution in [0.3, 0.4) is 0 Å². The fourth-order valence-electron chi connectivity index (χ4n) is 2.32. The number of nitrogens with one attached hydrogen (secondary N) is 1. The van der Waals surface area contributed by atoms with E-state index in [0.717, 1.165) is 42.4 Å². The summed E-state index contributed by atoms with van der Waals surface area (Å²) in [4.78, 5) is 4.29. The van der Waals surface area contributed by atoms with Crippen LogP contribution in [0.5, 0.6) is 0 Å². The van der Waals surface area contributed by atoms with E-state index < -0.39 is 5.60 Å². The monoisotopic (exact) mass is 298 g/mol. The molecule has 0 saturated heterocycles. The minimum atomic E-state index is -0.492. The molecule has 0 radical (unpaired) electrons. The van der Waals surface area contributed by atoms with Gasteiger partial charge in [0.25, 0.3) is 0 Å². The summed E-state index contributed by atoms with van der Waals surface area (Å²) in [6.07, 6.45) is 7.20. The first-order valence-electron chi connectivity index (χ1n) is 6.22. The SMILES string of the molecule is OC1(CNCc2ccc(Br)cn2)CCCCC1. The fraction of sp³-hybridized carbons (Fsp3) is 0.615. The molecule has 0 spiro atoms. The van der Waals surface area contributed by atoms with Crippen LogP contribution in [-0.2, 0) is 6.54 Å². The van der Waals surface area contributed by atoms with Crippen LogP contribution in [0.15, 0.2) is 22.8 Å². The number of nitrogens with zero attached hydrogens (tertiary/aromatic N) is 1. The summed E-state index contributed by atoms with van der Waals surface area (Å²) in [6.45, 7) is 1.39. The molecule has 0 aliphatic heterocycles. The van der Waals surface area contributed by atoms with Crippen LogP contribution in [-0.4, -0.2) is 22.2 Å². The molecule has 2 N–H and O–H groups in total. The van der Waals surface area contributed by atoms with E-state index in [-0.39, 0.29) is 0 Å². The molecule has 17 heavy (non-hydrogen) atoms. The minimum Gasteiger partial charge on any atom is -0.389 e. The van der Waals surface area contributed by atoms with Crippen LogP contribution in [0.4, 0.5) is 0 Å². The van der Waals surface area contributed by atoms with Crippen molar-refractivity contribution >= 4 is 15.9 Å². The van der Waals surface area contributed by atoms with Crippen LogP contribution < -0.4 is 5.32 Å². The van der Waals surface area contributed by atoms with Crippen molar-refractivity contribution in [2.24, 2.45) is 0 Å². The summed E-state index contributed by atoms with van der Waals surface area (Å²) in [7, 11) is 0. The molecule has 1 aliphatic carbocycles. The second-order valence-electron chi connectivity index (χ2n) is 4.86. The lowest BCUT2D eigenvalue weighted by Crippen LogP contribution is -2.41. The van der Waals surface area contributed by atoms with E-state index in [2.05, 4.69) is 26.2 Å². The van der Waals surface area contributed by atoms with Gasteiger partial charge in [-0.2, -0.15) is 0 Å². The molecular formula is C13H19BrN2O. The molecule has 1 aliphatic rings. The Morgan fingerprint density at radius 2 is 2.06 bits per heavy atom. The third-order valence-corrected chi connectivity index (χ3v) is 3.80. The Morgan fingerprint density at radius 3 is 2.71 bits per heavy atom. The number of aromatic nitrogens is 1. The van der Waals surface area contributed by atoms with Crippen molar-refractivity contribution in [2.75, 3.05) is 6.54 Å². The van der Waals surface area contributed by atoms with Gasteiger partial charge in [0.1, 0.15) is 0 Å². The van der Waals surface area contributed by atoms with Gasteiger partial charge in [-0.15, -0.1) is 0 Å². The van der Waals surface area contributed by atoms with E-state index >= 15 is 0 Å². The third-order valence-electron chi connectivity index (χ3n) is 3.33. The van der Waals surface area contributed by atoms with Crippen molar-refractivity contribution in [1.29, 1.82) is 0 Å². The van der Waals surface area contributed by atoms with E-state index in [0.29, 0.717) is 6.54 Å². The maximum absolute atomic E-state index is 10.3. The topological polar surface area (TPSA) is 45.1 Å². The normalized spacial score (nSPS) is 19.2. The number of halogens is 1. The van der Waals surface area contributed by atoms with Crippen molar-refractivity contribution in [3.63, 3.8) is 0 Å². The molecule has 0 atom stereocenters. The highest BCUT2D eigenvalue weighted by atomic mass is 79.9. The Labute approximate surface area is 111 Å². The number of pyridine rings is 1. The average molecular weight is 299 g/mol. The highest BCUT2D eigenvalue weighted by Crippen LogP contribution is 2.27. The summed E-state index contributed by atoms with van der Waals surface area (Å²) in [5, 5.41) is 13.6. The van der Waals surface area contributed by atoms with Crippen LogP contribution in [0, 0.1) is 0 Å². The number of hydrogen-bond donors (Lipinski definition) is 2. The molecule has 1 fully saturated rings. The number of hydrogen-bond acceptors (Lipinski definition) is 3. The molecule has 1 aromatic heterocycles. The van der Waals surface area contributed by atoms with Gasteiger partial charge in [0.05, 0.1) is 11.3 Å². The molecule has 0 amide bonds. The maximum Gasteiger partial charge on any atom is 0.0771 e. The molecule has 94 valence electrons. The van der Waals surface area contributed by atoms with E-state index in [4.69, 9.17) is 0 Å². The predicted octanol–water partition coefficient (Wildman–Crippen LogP) is 2.63. The Balaban J connectivity index is 1.77. The summed E-state index contributed by atoms with van der Waals surface area (Å²) >= 11 is 3.36. The largest absolute Gasteiger partial charge is 0.389 e. The maximum atomic E-state index is 10.3. The summed E-state index contributed by atoms with van der Waals surface area (Å²) in [6, 6.07) is 3.97. The molecule has 2 rings (SSSR count). The smallest absolute Gasteiger partial charge is 0.0771 e. The number of rotatable bonds is 4. The lowest BCUT2D eigenvalue weighted by Gasteiger charge is -2.32. The molecule has 0 bridgehead atoms. The Bertz CT molecular complexity index is 347. The Hall–Kier alpha value is -0.450. The molecule has 1 aromatic rings. The second-order valence-corrected chi connectivity index (χ2v) is 5.77. The van der Waals surface area contributed by atoms with Crippen LogP contribution in [0.25, 0.3) is 0 Å². The van der Waals surface area contributed by atoms with E-state index in [1.165, 1.54) is 6.42 Å². The molecule has 1 saturated carbocycles. The van der Waals surface area contributed by atoms with Gasteiger partial charge in [0.15, 0.2) is 0 Å². The van der Waals surface area contributed by atoms with Crippen LogP contribution in [0.1, 0.15) is 37.8 Å². The average Bonchev–Trinajstić information content (AvgIpc) is 2.32. The quantitative estimate of drug-likeness (QED) is 0.898. The summed E-state index contributed by atoms with van der Waals surface area (Å²) in [5.41, 5.74) is 0.515. The first-order chi connectivity index (χ1) is 8.18. The van der Waals surface area contributed by atoms with E-state index in [1.807, 2.05) is 12.1 Å². The molecule has 0 aromatic carbocycles. The molecule has 4 heteroatoms. The summed E-state index contributed by atoms with van der Waals surface area (Å²) < 4.78 is 0.993. The molecule has 0 unspecified atom stereocenters. The van der Waals surface area contributed by atoms with Gasteiger partial charge in [-0.05, 0) is 40.9 Å². The van der Waals surface area contributed by atoms with Crippen molar-refractivity contribution in [3.05, 3.63) is 28.5 Å². The lowest BCUT2D eigenvalue weighted by molar-refractivity contribution is 0.00462. The van der Waals surface area contributed by atoms with Crippen molar-refractivity contribution < 1.29 is 5.11 Å². The predicted molar refractivity (Wildman–Crippen MR) is 71.7 cm³/mol. The van der Waals surface area contributed by atoms with Gasteiger partial charge in [-0.3, -0.25) is 4.98 Å². The first kappa shape index (κ1) is 13.0. The zero-order chi connectivity index (χ0) is 12.1. The first-order valence-corrected chi connectivity index (χ1v) is 7.01. The van der Waals surface area contributed by atoms with Gasteiger partial charge in [0, 0.05) is 23.8 Å². The molecule has 1 heterocycles. The highest BCUT2D eigenvalue weighted by Gasteiger charge is 2.28. The van der Waals surface area contributed by atoms with Gasteiger partial charge in [-0.1, -0.05) is 19.3 Å². The van der Waals surface area contributed by atoms with Gasteiger partial charge in [-0.25, -0.2) is 0 Å². The molecular weight excluding hydrogens is 280 g/mol. The zero-order valence-corrected chi connectivity index (χ0v) is 11.5. The second kappa shape index (κ2) is 5.94. The summed E-state index contributed by atoms with van der Waals surface area (Å²) in [5.74, 6) is 0. The zero-order valence-electron chi connectivity index (χ0n) is 9.95. The van der Waals surface area contributed by atoms with Gasteiger partial charge >= 0.3 is 0 Å². The van der Waals surface area contributed by atoms with Crippen molar-refractivity contribution in [1.82, 2.24) is 10.3 Å². The third kappa shape index (κ3) is 4.05. The van der Waals surface area contributed by atoms with Gasteiger partial charge < -0.3 is 10.4 Å². The van der Waals surface area contributed by atoms with Crippen molar-refractivity contribution in [3.8, 4) is 0 Å². The Morgan fingerprint density at radius 1 is 1.29 bits per heavy atom. The van der Waals surface area contributed by atoms with Gasteiger partial charge in [0.2, 0.25) is 0 Å². The number of aliphatic hydroxyl groups is 1. The minimum absolute atomic E-state index is 0.492. The molecule has 3 nitrogen and oxygen atoms in total. The van der Waals surface area contributed by atoms with E-state index in [1.54, 1.807) is 6.20 Å². The van der Waals surface area contributed by atoms with Crippen LogP contribution >= 0.6 is 15.9 Å². The standard InChI is InChI=1S/C13H19BrN2O/c14-11-4-5-12(16-8-11)9-15-10-13(17)6-2-1-3-7-13/h4-5,8,15,17H,1-3,6-7,9-10H2. The van der Waals surface area contributed by atoms with Crippen LogP contribution in [0.2, 0.25) is 0 Å². The van der Waals surface area contributed by atoms with E-state index in [9.17, 15) is 5.11 Å².